The molecule has 1 aromatic carbocycles. The number of carboxylic acids is 1. The third-order valence-electron chi connectivity index (χ3n) is 10.2. The molecule has 1 aliphatic rings. The van der Waals surface area contributed by atoms with Crippen molar-refractivity contribution in [2.75, 3.05) is 20.1 Å². The fraction of sp³-hybridized carbons (Fsp3) is 0.641. The molecule has 3 N–H and O–H groups in total. The van der Waals surface area contributed by atoms with Crippen molar-refractivity contribution in [2.45, 2.75) is 124 Å². The molecule has 7 atom stereocenters. The first kappa shape index (κ1) is 43.5. The summed E-state index contributed by atoms with van der Waals surface area (Å²) in [4.78, 5) is 73.8. The van der Waals surface area contributed by atoms with Crippen LogP contribution in [0.5, 0.6) is 0 Å². The number of aromatic nitrogens is 1. The second kappa shape index (κ2) is 20.5. The van der Waals surface area contributed by atoms with Crippen LogP contribution in [-0.4, -0.2) is 93.9 Å². The van der Waals surface area contributed by atoms with Crippen molar-refractivity contribution in [1.29, 1.82) is 0 Å². The van der Waals surface area contributed by atoms with Crippen LogP contribution < -0.4 is 10.6 Å². The molecule has 0 aliphatic carbocycles. The highest BCUT2D eigenvalue weighted by molar-refractivity contribution is 7.09. The average Bonchev–Trinajstić information content (AvgIpc) is 3.61. The average molecular weight is 760 g/mol. The summed E-state index contributed by atoms with van der Waals surface area (Å²) in [6, 6.07) is 3.79. The van der Waals surface area contributed by atoms with E-state index < -0.39 is 53.8 Å². The fourth-order valence-corrected chi connectivity index (χ4v) is 7.71. The minimum absolute atomic E-state index is 0.0686. The molecule has 3 amide bonds. The van der Waals surface area contributed by atoms with Crippen molar-refractivity contribution in [3.63, 3.8) is 0 Å². The summed E-state index contributed by atoms with van der Waals surface area (Å²) in [7, 11) is 1.94. The van der Waals surface area contributed by atoms with Crippen molar-refractivity contribution in [3.8, 4) is 0 Å². The molecular formula is C39H58FN5O7S. The molecule has 1 aromatic heterocycles. The van der Waals surface area contributed by atoms with Gasteiger partial charge in [0, 0.05) is 37.4 Å². The number of carboxylic acid groups (broad SMARTS) is 1. The molecule has 0 bridgehead atoms. The minimum atomic E-state index is -1.00. The van der Waals surface area contributed by atoms with Crippen molar-refractivity contribution < 1.29 is 38.2 Å². The highest BCUT2D eigenvalue weighted by Crippen LogP contribution is 2.32. The van der Waals surface area contributed by atoms with E-state index in [0.29, 0.717) is 18.0 Å². The van der Waals surface area contributed by atoms with E-state index in [1.54, 1.807) is 29.3 Å². The van der Waals surface area contributed by atoms with Gasteiger partial charge < -0.3 is 25.4 Å². The molecule has 3 rings (SSSR count). The maximum Gasteiger partial charge on any atom is 0.306 e. The SMILES string of the molecule is CC[C@H](C)C(NC(=O)[C@H]1CCCCN1C)C(=O)N(CC)[C@H](C[C@@H](OC(C)=O)c1nc(C(=O)NC(Cc2ccc(F)cc2)C[C@H](C)C(=O)O)cs1)C(C)C. The molecule has 2 heterocycles. The number of esters is 1. The first-order chi connectivity index (χ1) is 25.1. The molecule has 0 spiro atoms. The number of carbonyl (C=O) groups is 5. The monoisotopic (exact) mass is 759 g/mol. The maximum atomic E-state index is 14.4. The van der Waals surface area contributed by atoms with E-state index in [2.05, 4.69) is 15.6 Å². The van der Waals surface area contributed by atoms with Crippen LogP contribution in [0.25, 0.3) is 0 Å². The summed E-state index contributed by atoms with van der Waals surface area (Å²) in [5.74, 6) is -3.77. The molecule has 0 saturated carbocycles. The maximum absolute atomic E-state index is 14.4. The molecule has 14 heteroatoms. The molecular weight excluding hydrogens is 702 g/mol. The smallest absolute Gasteiger partial charge is 0.306 e. The summed E-state index contributed by atoms with van der Waals surface area (Å²) in [6.07, 6.45) is 3.17. The normalized spacial score (nSPS) is 18.3. The first-order valence-corrected chi connectivity index (χ1v) is 19.7. The number of nitrogens with zero attached hydrogens (tertiary/aromatic N) is 3. The molecule has 1 aliphatic heterocycles. The van der Waals surface area contributed by atoms with Crippen LogP contribution in [0.15, 0.2) is 29.6 Å². The number of halogens is 1. The summed E-state index contributed by atoms with van der Waals surface area (Å²) in [6.45, 7) is 13.8. The predicted molar refractivity (Wildman–Crippen MR) is 202 cm³/mol. The molecule has 0 radical (unpaired) electrons. The first-order valence-electron chi connectivity index (χ1n) is 18.8. The standard InChI is InChI=1S/C39H58FN5O7S/c1-9-24(5)34(43-36(48)31-13-11-12-18-44(31)8)38(49)45(10-2)32(23(3)4)21-33(52-26(7)46)37-42-30(22-53-37)35(47)41-29(19-25(6)39(50)51)20-27-14-16-28(40)17-15-27/h14-17,22-25,29,31-34H,9-13,18-21H2,1-8H3,(H,41,47)(H,43,48)(H,50,51)/t24-,25-,29?,31+,32+,33+,34?/m0/s1. The van der Waals surface area contributed by atoms with Crippen molar-refractivity contribution in [3.05, 3.63) is 51.7 Å². The lowest BCUT2D eigenvalue weighted by molar-refractivity contribution is -0.149. The Morgan fingerprint density at radius 3 is 2.30 bits per heavy atom. The van der Waals surface area contributed by atoms with E-state index in [1.165, 1.54) is 19.1 Å². The summed E-state index contributed by atoms with van der Waals surface area (Å²) in [5.41, 5.74) is 0.806. The van der Waals surface area contributed by atoms with Gasteiger partial charge in [0.25, 0.3) is 5.91 Å². The van der Waals surface area contributed by atoms with Crippen molar-refractivity contribution in [1.82, 2.24) is 25.4 Å². The van der Waals surface area contributed by atoms with Gasteiger partial charge in [-0.05, 0) is 75.7 Å². The number of amides is 3. The largest absolute Gasteiger partial charge is 0.481 e. The second-order valence-electron chi connectivity index (χ2n) is 14.7. The fourth-order valence-electron chi connectivity index (χ4n) is 6.87. The van der Waals surface area contributed by atoms with Crippen LogP contribution in [-0.2, 0) is 30.3 Å². The van der Waals surface area contributed by atoms with E-state index in [9.17, 15) is 33.5 Å². The molecule has 1 saturated heterocycles. The van der Waals surface area contributed by atoms with Crippen LogP contribution in [0, 0.1) is 23.6 Å². The number of thiazole rings is 1. The number of rotatable bonds is 19. The summed E-state index contributed by atoms with van der Waals surface area (Å²) >= 11 is 1.15. The van der Waals surface area contributed by atoms with Crippen LogP contribution in [0.2, 0.25) is 0 Å². The number of carbonyl (C=O) groups excluding carboxylic acids is 4. The summed E-state index contributed by atoms with van der Waals surface area (Å²) < 4.78 is 19.3. The number of benzene rings is 1. The molecule has 294 valence electrons. The Balaban J connectivity index is 1.85. The van der Waals surface area contributed by atoms with Gasteiger partial charge in [-0.1, -0.05) is 59.6 Å². The van der Waals surface area contributed by atoms with Gasteiger partial charge in [0.2, 0.25) is 11.8 Å². The van der Waals surface area contributed by atoms with Gasteiger partial charge in [0.1, 0.15) is 22.6 Å². The Morgan fingerprint density at radius 2 is 1.74 bits per heavy atom. The molecule has 53 heavy (non-hydrogen) atoms. The Labute approximate surface area is 317 Å². The van der Waals surface area contributed by atoms with Gasteiger partial charge >= 0.3 is 11.9 Å². The third kappa shape index (κ3) is 12.6. The van der Waals surface area contributed by atoms with Gasteiger partial charge in [-0.25, -0.2) is 9.37 Å². The van der Waals surface area contributed by atoms with E-state index in [1.807, 2.05) is 46.6 Å². The Bertz CT molecular complexity index is 1540. The van der Waals surface area contributed by atoms with Crippen LogP contribution in [0.3, 0.4) is 0 Å². The van der Waals surface area contributed by atoms with Gasteiger partial charge in [-0.15, -0.1) is 11.3 Å². The van der Waals surface area contributed by atoms with E-state index in [4.69, 9.17) is 4.74 Å². The minimum Gasteiger partial charge on any atom is -0.481 e. The zero-order valence-corrected chi connectivity index (χ0v) is 33.2. The zero-order chi connectivity index (χ0) is 39.4. The van der Waals surface area contributed by atoms with Crippen molar-refractivity contribution in [2.24, 2.45) is 17.8 Å². The Kier molecular flexibility index (Phi) is 16.8. The zero-order valence-electron chi connectivity index (χ0n) is 32.4. The number of likely N-dealkylation sites (N-methyl/N-ethyl adjacent to an activating group) is 2. The molecule has 12 nitrogen and oxygen atoms in total. The lowest BCUT2D eigenvalue weighted by atomic mass is 9.92. The van der Waals surface area contributed by atoms with E-state index in [0.717, 1.165) is 42.7 Å². The molecule has 2 unspecified atom stereocenters. The topological polar surface area (TPSA) is 158 Å². The number of hydrogen-bond acceptors (Lipinski definition) is 9. The van der Waals surface area contributed by atoms with E-state index in [-0.39, 0.29) is 54.6 Å². The van der Waals surface area contributed by atoms with Crippen LogP contribution in [0.4, 0.5) is 4.39 Å². The van der Waals surface area contributed by atoms with Crippen LogP contribution >= 0.6 is 11.3 Å². The van der Waals surface area contributed by atoms with E-state index >= 15 is 0 Å². The number of piperidine rings is 1. The third-order valence-corrected chi connectivity index (χ3v) is 11.2. The molecule has 1 fully saturated rings. The quantitative estimate of drug-likeness (QED) is 0.155. The number of aliphatic carboxylic acids is 1. The summed E-state index contributed by atoms with van der Waals surface area (Å²) in [5, 5.41) is 17.5. The van der Waals surface area contributed by atoms with Crippen LogP contribution in [0.1, 0.15) is 114 Å². The number of ether oxygens (including phenoxy) is 1. The molecule has 2 aromatic rings. The highest BCUT2D eigenvalue weighted by atomic mass is 32.1. The second-order valence-corrected chi connectivity index (χ2v) is 15.6. The lowest BCUT2D eigenvalue weighted by Crippen LogP contribution is -2.58. The number of nitrogens with one attached hydrogen (secondary N) is 2. The lowest BCUT2D eigenvalue weighted by Gasteiger charge is -2.39. The highest BCUT2D eigenvalue weighted by Gasteiger charge is 2.38. The predicted octanol–water partition coefficient (Wildman–Crippen LogP) is 5.62. The Morgan fingerprint density at radius 1 is 1.06 bits per heavy atom. The number of likely N-dealkylation sites (tertiary alicyclic amines) is 1. The Hall–Kier alpha value is -3.91. The van der Waals surface area contributed by atoms with Crippen molar-refractivity contribution >= 4 is 41.0 Å². The van der Waals surface area contributed by atoms with Gasteiger partial charge in [-0.3, -0.25) is 28.9 Å². The van der Waals surface area contributed by atoms with Gasteiger partial charge in [0.15, 0.2) is 6.10 Å². The van der Waals surface area contributed by atoms with Gasteiger partial charge in [0.05, 0.1) is 12.0 Å². The van der Waals surface area contributed by atoms with Gasteiger partial charge in [-0.2, -0.15) is 0 Å². The number of hydrogen-bond donors (Lipinski definition) is 3.